The van der Waals surface area contributed by atoms with Crippen LogP contribution in [0, 0.1) is 6.92 Å². The first kappa shape index (κ1) is 13.7. The van der Waals surface area contributed by atoms with Gasteiger partial charge < -0.3 is 15.8 Å². The lowest BCUT2D eigenvalue weighted by atomic mass is 10.3. The zero-order chi connectivity index (χ0) is 14.5. The zero-order valence-electron chi connectivity index (χ0n) is 11.4. The Morgan fingerprint density at radius 1 is 1.45 bits per heavy atom. The summed E-state index contributed by atoms with van der Waals surface area (Å²) < 4.78 is 0. The third-order valence-corrected chi connectivity index (χ3v) is 2.70. The van der Waals surface area contributed by atoms with Crippen molar-refractivity contribution in [2.24, 2.45) is 10.9 Å². The molecule has 0 atom stereocenters. The number of rotatable bonds is 4. The average molecular weight is 272 g/mol. The molecule has 0 aliphatic rings. The second-order valence-corrected chi connectivity index (χ2v) is 4.40. The summed E-state index contributed by atoms with van der Waals surface area (Å²) >= 11 is 0. The van der Waals surface area contributed by atoms with Crippen molar-refractivity contribution in [1.29, 1.82) is 0 Å². The third kappa shape index (κ3) is 3.19. The average Bonchev–Trinajstić information content (AvgIpc) is 2.46. The number of hydrogen-bond donors (Lipinski definition) is 2. The van der Waals surface area contributed by atoms with Crippen molar-refractivity contribution >= 4 is 11.8 Å². The van der Waals surface area contributed by atoms with Crippen LogP contribution in [0.4, 0.5) is 5.95 Å². The minimum atomic E-state index is -0.0356. The van der Waals surface area contributed by atoms with Crippen LogP contribution in [0.25, 0.3) is 0 Å². The molecule has 0 radical (unpaired) electrons. The van der Waals surface area contributed by atoms with Crippen molar-refractivity contribution < 1.29 is 5.21 Å². The number of nitrogens with zero attached hydrogens (tertiary/aromatic N) is 5. The molecule has 2 rings (SSSR count). The molecule has 7 heteroatoms. The number of nitrogens with two attached hydrogens (primary N) is 1. The lowest BCUT2D eigenvalue weighted by Crippen LogP contribution is -2.22. The topological polar surface area (TPSA) is 101 Å². The van der Waals surface area contributed by atoms with E-state index >= 15 is 0 Å². The number of hydrogen-bond acceptors (Lipinski definition) is 6. The van der Waals surface area contributed by atoms with Crippen LogP contribution >= 0.6 is 0 Å². The van der Waals surface area contributed by atoms with Gasteiger partial charge in [-0.05, 0) is 24.6 Å². The molecule has 0 saturated heterocycles. The van der Waals surface area contributed by atoms with Gasteiger partial charge in [-0.15, -0.1) is 0 Å². The molecule has 2 aromatic rings. The van der Waals surface area contributed by atoms with Crippen LogP contribution in [-0.4, -0.2) is 33.0 Å². The second-order valence-electron chi connectivity index (χ2n) is 4.40. The van der Waals surface area contributed by atoms with E-state index in [1.54, 1.807) is 18.5 Å². The smallest absolute Gasteiger partial charge is 0.226 e. The van der Waals surface area contributed by atoms with Crippen molar-refractivity contribution in [3.8, 4) is 0 Å². The normalized spacial score (nSPS) is 11.4. The van der Waals surface area contributed by atoms with Gasteiger partial charge in [0.2, 0.25) is 5.95 Å². The quantitative estimate of drug-likeness (QED) is 0.371. The summed E-state index contributed by atoms with van der Waals surface area (Å²) in [5.74, 6) is 0.474. The first-order valence-electron chi connectivity index (χ1n) is 6.04. The van der Waals surface area contributed by atoms with E-state index in [2.05, 4.69) is 20.1 Å². The van der Waals surface area contributed by atoms with Crippen LogP contribution in [-0.2, 0) is 6.54 Å². The zero-order valence-corrected chi connectivity index (χ0v) is 11.4. The number of anilines is 1. The largest absolute Gasteiger partial charge is 0.409 e. The summed E-state index contributed by atoms with van der Waals surface area (Å²) in [4.78, 5) is 14.6. The molecule has 0 saturated carbocycles. The summed E-state index contributed by atoms with van der Waals surface area (Å²) in [5.41, 5.74) is 7.75. The molecule has 0 fully saturated rings. The molecule has 0 unspecified atom stereocenters. The second kappa shape index (κ2) is 5.96. The number of amidine groups is 1. The number of oxime groups is 1. The van der Waals surface area contributed by atoms with E-state index in [4.69, 9.17) is 10.9 Å². The maximum atomic E-state index is 8.72. The highest BCUT2D eigenvalue weighted by Crippen LogP contribution is 2.12. The molecule has 104 valence electrons. The first-order chi connectivity index (χ1) is 9.60. The predicted octanol–water partition coefficient (Wildman–Crippen LogP) is 0.911. The van der Waals surface area contributed by atoms with Gasteiger partial charge in [-0.3, -0.25) is 4.98 Å². The summed E-state index contributed by atoms with van der Waals surface area (Å²) in [5, 5.41) is 11.7. The Morgan fingerprint density at radius 3 is 2.90 bits per heavy atom. The number of aryl methyl sites for hydroxylation is 1. The molecule has 0 aliphatic heterocycles. The molecule has 2 aromatic heterocycles. The Morgan fingerprint density at radius 2 is 2.25 bits per heavy atom. The lowest BCUT2D eigenvalue weighted by molar-refractivity contribution is 0.318. The monoisotopic (exact) mass is 272 g/mol. The van der Waals surface area contributed by atoms with Gasteiger partial charge >= 0.3 is 0 Å². The fourth-order valence-electron chi connectivity index (χ4n) is 1.74. The molecule has 2 heterocycles. The predicted molar refractivity (Wildman–Crippen MR) is 75.6 cm³/mol. The van der Waals surface area contributed by atoms with Gasteiger partial charge in [0.25, 0.3) is 0 Å². The lowest BCUT2D eigenvalue weighted by Gasteiger charge is -2.18. The van der Waals surface area contributed by atoms with E-state index in [1.165, 1.54) is 0 Å². The van der Waals surface area contributed by atoms with Gasteiger partial charge in [0.05, 0.1) is 0 Å². The maximum Gasteiger partial charge on any atom is 0.226 e. The third-order valence-electron chi connectivity index (χ3n) is 2.70. The molecule has 7 nitrogen and oxygen atoms in total. The molecule has 0 aromatic carbocycles. The van der Waals surface area contributed by atoms with Crippen LogP contribution in [0.1, 0.15) is 17.0 Å². The molecule has 20 heavy (non-hydrogen) atoms. The molecular formula is C13H16N6O. The summed E-state index contributed by atoms with van der Waals surface area (Å²) in [6.45, 7) is 2.45. The van der Waals surface area contributed by atoms with Gasteiger partial charge in [-0.1, -0.05) is 11.2 Å². The molecule has 0 bridgehead atoms. The van der Waals surface area contributed by atoms with Gasteiger partial charge in [-0.2, -0.15) is 0 Å². The summed E-state index contributed by atoms with van der Waals surface area (Å²) in [7, 11) is 1.87. The Balaban J connectivity index is 2.26. The fraction of sp³-hybridized carbons (Fsp3) is 0.231. The molecule has 0 spiro atoms. The van der Waals surface area contributed by atoms with Gasteiger partial charge in [0.1, 0.15) is 5.69 Å². The SMILES string of the molecule is Cc1cc(/C(N)=N/O)nc(N(C)Cc2cccnc2)n1. The Labute approximate surface area is 116 Å². The van der Waals surface area contributed by atoms with Crippen LogP contribution in [0.2, 0.25) is 0 Å². The fourth-order valence-corrected chi connectivity index (χ4v) is 1.74. The van der Waals surface area contributed by atoms with E-state index in [1.807, 2.05) is 31.0 Å². The van der Waals surface area contributed by atoms with E-state index in [0.29, 0.717) is 18.2 Å². The van der Waals surface area contributed by atoms with E-state index in [-0.39, 0.29) is 5.84 Å². The van der Waals surface area contributed by atoms with Gasteiger partial charge in [0, 0.05) is 31.7 Å². The van der Waals surface area contributed by atoms with Crippen molar-refractivity contribution in [1.82, 2.24) is 15.0 Å². The first-order valence-corrected chi connectivity index (χ1v) is 6.04. The highest BCUT2D eigenvalue weighted by Gasteiger charge is 2.10. The summed E-state index contributed by atoms with van der Waals surface area (Å²) in [6.07, 6.45) is 3.51. The van der Waals surface area contributed by atoms with Crippen LogP contribution in [0.5, 0.6) is 0 Å². The molecule has 3 N–H and O–H groups in total. The Bertz CT molecular complexity index is 614. The van der Waals surface area contributed by atoms with E-state index < -0.39 is 0 Å². The molecular weight excluding hydrogens is 256 g/mol. The molecule has 0 aliphatic carbocycles. The van der Waals surface area contributed by atoms with Crippen LogP contribution in [0.15, 0.2) is 35.7 Å². The standard InChI is InChI=1S/C13H16N6O/c1-9-6-11(12(14)18-20)17-13(16-9)19(2)8-10-4-3-5-15-7-10/h3-7,20H,8H2,1-2H3,(H2,14,18). The van der Waals surface area contributed by atoms with Crippen LogP contribution in [0.3, 0.4) is 0 Å². The van der Waals surface area contributed by atoms with Crippen molar-refractivity contribution in [2.45, 2.75) is 13.5 Å². The number of pyridine rings is 1. The van der Waals surface area contributed by atoms with Crippen molar-refractivity contribution in [3.63, 3.8) is 0 Å². The van der Waals surface area contributed by atoms with Crippen molar-refractivity contribution in [2.75, 3.05) is 11.9 Å². The van der Waals surface area contributed by atoms with Gasteiger partial charge in [-0.25, -0.2) is 9.97 Å². The van der Waals surface area contributed by atoms with E-state index in [9.17, 15) is 0 Å². The number of aromatic nitrogens is 3. The Kier molecular flexibility index (Phi) is 4.09. The van der Waals surface area contributed by atoms with Crippen molar-refractivity contribution in [3.05, 3.63) is 47.5 Å². The minimum absolute atomic E-state index is 0.0356. The Hall–Kier alpha value is -2.70. The van der Waals surface area contributed by atoms with Crippen LogP contribution < -0.4 is 10.6 Å². The van der Waals surface area contributed by atoms with Gasteiger partial charge in [0.15, 0.2) is 5.84 Å². The van der Waals surface area contributed by atoms with E-state index in [0.717, 1.165) is 11.3 Å². The highest BCUT2D eigenvalue weighted by atomic mass is 16.4. The summed E-state index contributed by atoms with van der Waals surface area (Å²) in [6, 6.07) is 5.52. The molecule has 0 amide bonds. The maximum absolute atomic E-state index is 8.72. The highest BCUT2D eigenvalue weighted by molar-refractivity contribution is 5.95. The minimum Gasteiger partial charge on any atom is -0.409 e.